The highest BCUT2D eigenvalue weighted by atomic mass is 127. The molecule has 6 heteroatoms. The molecule has 2 atom stereocenters. The van der Waals surface area contributed by atoms with Crippen molar-refractivity contribution in [3.05, 3.63) is 18.5 Å². The van der Waals surface area contributed by atoms with Crippen LogP contribution < -0.4 is 10.6 Å². The van der Waals surface area contributed by atoms with Crippen molar-refractivity contribution in [2.75, 3.05) is 13.1 Å². The van der Waals surface area contributed by atoms with Crippen LogP contribution in [-0.2, 0) is 6.54 Å². The number of aliphatic imine (C=N–C) groups is 1. The molecule has 134 valence electrons. The van der Waals surface area contributed by atoms with Gasteiger partial charge in [-0.3, -0.25) is 9.67 Å². The zero-order valence-corrected chi connectivity index (χ0v) is 17.6. The highest BCUT2D eigenvalue weighted by Gasteiger charge is 2.08. The Hall–Kier alpha value is -0.790. The molecule has 2 unspecified atom stereocenters. The van der Waals surface area contributed by atoms with Crippen molar-refractivity contribution >= 4 is 29.9 Å². The van der Waals surface area contributed by atoms with Crippen molar-refractivity contribution in [2.45, 2.75) is 60.0 Å². The molecule has 1 aromatic rings. The quantitative estimate of drug-likeness (QED) is 0.355. The minimum Gasteiger partial charge on any atom is -0.357 e. The highest BCUT2D eigenvalue weighted by Crippen LogP contribution is 2.06. The van der Waals surface area contributed by atoms with Gasteiger partial charge in [-0.05, 0) is 44.6 Å². The lowest BCUT2D eigenvalue weighted by molar-refractivity contribution is 0.456. The molecule has 0 amide bonds. The predicted octanol–water partition coefficient (Wildman–Crippen LogP) is 3.52. The van der Waals surface area contributed by atoms with Gasteiger partial charge in [0, 0.05) is 38.1 Å². The molecule has 0 radical (unpaired) electrons. The number of aromatic nitrogens is 2. The van der Waals surface area contributed by atoms with Crippen LogP contribution in [0.25, 0.3) is 0 Å². The molecule has 23 heavy (non-hydrogen) atoms. The SMILES string of the molecule is CCNC(=NCC(C)Cn1cccn1)NC(C)CCC(C)C.I. The van der Waals surface area contributed by atoms with E-state index < -0.39 is 0 Å². The van der Waals surface area contributed by atoms with Gasteiger partial charge in [-0.2, -0.15) is 5.10 Å². The summed E-state index contributed by atoms with van der Waals surface area (Å²) in [5.41, 5.74) is 0. The monoisotopic (exact) mass is 435 g/mol. The van der Waals surface area contributed by atoms with Crippen LogP contribution in [0.3, 0.4) is 0 Å². The highest BCUT2D eigenvalue weighted by molar-refractivity contribution is 14.0. The van der Waals surface area contributed by atoms with Crippen molar-refractivity contribution in [3.8, 4) is 0 Å². The summed E-state index contributed by atoms with van der Waals surface area (Å²) in [7, 11) is 0. The molecule has 0 fully saturated rings. The fraction of sp³-hybridized carbons (Fsp3) is 0.765. The molecule has 0 aliphatic rings. The number of rotatable bonds is 9. The summed E-state index contributed by atoms with van der Waals surface area (Å²) in [4.78, 5) is 4.71. The number of hydrogen-bond acceptors (Lipinski definition) is 2. The molecule has 0 aliphatic heterocycles. The second-order valence-electron chi connectivity index (χ2n) is 6.57. The van der Waals surface area contributed by atoms with E-state index in [1.165, 1.54) is 12.8 Å². The van der Waals surface area contributed by atoms with E-state index in [1.54, 1.807) is 0 Å². The van der Waals surface area contributed by atoms with Crippen LogP contribution in [0.4, 0.5) is 0 Å². The van der Waals surface area contributed by atoms with Gasteiger partial charge in [0.25, 0.3) is 0 Å². The molecule has 2 N–H and O–H groups in total. The topological polar surface area (TPSA) is 54.2 Å². The molecule has 0 saturated carbocycles. The van der Waals surface area contributed by atoms with Gasteiger partial charge in [-0.15, -0.1) is 24.0 Å². The predicted molar refractivity (Wildman–Crippen MR) is 109 cm³/mol. The molecule has 0 spiro atoms. The molecule has 0 saturated heterocycles. The number of halogens is 1. The standard InChI is InChI=1S/C17H33N5.HI/c1-6-18-17(21-16(5)9-8-14(2)3)19-12-15(4)13-22-11-7-10-20-22;/h7,10-11,14-16H,6,8-9,12-13H2,1-5H3,(H2,18,19,21);1H. The molecular formula is C17H34IN5. The Kier molecular flexibility index (Phi) is 12.2. The Bertz CT molecular complexity index is 417. The normalized spacial score (nSPS) is 14.3. The number of hydrogen-bond donors (Lipinski definition) is 2. The van der Waals surface area contributed by atoms with Gasteiger partial charge < -0.3 is 10.6 Å². The van der Waals surface area contributed by atoms with Crippen molar-refractivity contribution < 1.29 is 0 Å². The summed E-state index contributed by atoms with van der Waals surface area (Å²) in [6.45, 7) is 13.6. The third kappa shape index (κ3) is 10.6. The van der Waals surface area contributed by atoms with Crippen molar-refractivity contribution in [1.82, 2.24) is 20.4 Å². The van der Waals surface area contributed by atoms with E-state index >= 15 is 0 Å². The van der Waals surface area contributed by atoms with Gasteiger partial charge in [0.1, 0.15) is 0 Å². The van der Waals surface area contributed by atoms with Crippen LogP contribution >= 0.6 is 24.0 Å². The zero-order chi connectivity index (χ0) is 16.4. The van der Waals surface area contributed by atoms with E-state index in [1.807, 2.05) is 23.1 Å². The summed E-state index contributed by atoms with van der Waals surface area (Å²) in [6.07, 6.45) is 6.23. The van der Waals surface area contributed by atoms with E-state index in [2.05, 4.69) is 50.4 Å². The smallest absolute Gasteiger partial charge is 0.191 e. The van der Waals surface area contributed by atoms with Crippen LogP contribution in [0.5, 0.6) is 0 Å². The number of guanidine groups is 1. The third-order valence-corrected chi connectivity index (χ3v) is 3.52. The molecule has 0 aliphatic carbocycles. The summed E-state index contributed by atoms with van der Waals surface area (Å²) in [5, 5.41) is 11.1. The van der Waals surface area contributed by atoms with Crippen LogP contribution in [0.15, 0.2) is 23.5 Å². The first kappa shape index (κ1) is 22.2. The van der Waals surface area contributed by atoms with Crippen molar-refractivity contribution in [1.29, 1.82) is 0 Å². The van der Waals surface area contributed by atoms with Crippen LogP contribution in [0.1, 0.15) is 47.5 Å². The van der Waals surface area contributed by atoms with Crippen LogP contribution in [0.2, 0.25) is 0 Å². The maximum absolute atomic E-state index is 4.71. The summed E-state index contributed by atoms with van der Waals surface area (Å²) < 4.78 is 1.96. The Morgan fingerprint density at radius 2 is 1.96 bits per heavy atom. The third-order valence-electron chi connectivity index (χ3n) is 3.52. The Morgan fingerprint density at radius 1 is 1.22 bits per heavy atom. The largest absolute Gasteiger partial charge is 0.357 e. The van der Waals surface area contributed by atoms with Crippen molar-refractivity contribution in [2.24, 2.45) is 16.8 Å². The molecule has 0 aromatic carbocycles. The Balaban J connectivity index is 0.00000484. The van der Waals surface area contributed by atoms with Gasteiger partial charge >= 0.3 is 0 Å². The summed E-state index contributed by atoms with van der Waals surface area (Å²) in [6, 6.07) is 2.40. The van der Waals surface area contributed by atoms with Crippen LogP contribution in [-0.4, -0.2) is 34.9 Å². The van der Waals surface area contributed by atoms with Gasteiger partial charge in [-0.25, -0.2) is 0 Å². The van der Waals surface area contributed by atoms with E-state index in [-0.39, 0.29) is 24.0 Å². The summed E-state index contributed by atoms with van der Waals surface area (Å²) >= 11 is 0. The van der Waals surface area contributed by atoms with Crippen LogP contribution in [0, 0.1) is 11.8 Å². The lowest BCUT2D eigenvalue weighted by Crippen LogP contribution is -2.42. The molecule has 1 heterocycles. The number of nitrogens with one attached hydrogen (secondary N) is 2. The fourth-order valence-electron chi connectivity index (χ4n) is 2.24. The van der Waals surface area contributed by atoms with E-state index in [0.29, 0.717) is 12.0 Å². The molecule has 5 nitrogen and oxygen atoms in total. The van der Waals surface area contributed by atoms with Gasteiger partial charge in [0.05, 0.1) is 0 Å². The first-order valence-corrected chi connectivity index (χ1v) is 8.53. The Labute approximate surface area is 158 Å². The minimum atomic E-state index is 0. The van der Waals surface area contributed by atoms with E-state index in [9.17, 15) is 0 Å². The second kappa shape index (κ2) is 12.6. The maximum atomic E-state index is 4.71. The lowest BCUT2D eigenvalue weighted by atomic mass is 10.0. The van der Waals surface area contributed by atoms with Crippen molar-refractivity contribution in [3.63, 3.8) is 0 Å². The average Bonchev–Trinajstić information content (AvgIpc) is 2.95. The molecule has 1 rings (SSSR count). The second-order valence-corrected chi connectivity index (χ2v) is 6.57. The molecule has 1 aromatic heterocycles. The van der Waals surface area contributed by atoms with E-state index in [4.69, 9.17) is 4.99 Å². The minimum absolute atomic E-state index is 0. The van der Waals surface area contributed by atoms with Gasteiger partial charge in [0.2, 0.25) is 0 Å². The molecular weight excluding hydrogens is 401 g/mol. The first-order valence-electron chi connectivity index (χ1n) is 8.53. The van der Waals surface area contributed by atoms with Gasteiger partial charge in [0.15, 0.2) is 5.96 Å². The zero-order valence-electron chi connectivity index (χ0n) is 15.2. The fourth-order valence-corrected chi connectivity index (χ4v) is 2.24. The Morgan fingerprint density at radius 3 is 2.52 bits per heavy atom. The first-order chi connectivity index (χ1) is 10.5. The lowest BCUT2D eigenvalue weighted by Gasteiger charge is -2.19. The summed E-state index contributed by atoms with van der Waals surface area (Å²) in [5.74, 6) is 2.13. The van der Waals surface area contributed by atoms with E-state index in [0.717, 1.165) is 31.5 Å². The average molecular weight is 435 g/mol. The molecule has 0 bridgehead atoms. The maximum Gasteiger partial charge on any atom is 0.191 e. The van der Waals surface area contributed by atoms with Gasteiger partial charge in [-0.1, -0.05) is 20.8 Å². The number of nitrogens with zero attached hydrogens (tertiary/aromatic N) is 3.